The van der Waals surface area contributed by atoms with E-state index in [0.717, 1.165) is 13.0 Å². The Kier molecular flexibility index (Phi) is 5.44. The number of nitrogens with one attached hydrogen (secondary N) is 1. The predicted octanol–water partition coefficient (Wildman–Crippen LogP) is 1.86. The van der Waals surface area contributed by atoms with Crippen molar-refractivity contribution in [1.82, 2.24) is 5.32 Å². The second kappa shape index (κ2) is 6.61. The molecule has 0 aliphatic carbocycles. The van der Waals surface area contributed by atoms with Gasteiger partial charge in [0.25, 0.3) is 0 Å². The summed E-state index contributed by atoms with van der Waals surface area (Å²) < 4.78 is 0. The van der Waals surface area contributed by atoms with Crippen molar-refractivity contribution in [2.45, 2.75) is 25.9 Å². The molecule has 1 unspecified atom stereocenters. The van der Waals surface area contributed by atoms with Crippen LogP contribution in [0.1, 0.15) is 25.8 Å². The van der Waals surface area contributed by atoms with Gasteiger partial charge in [-0.15, -0.1) is 0 Å². The fourth-order valence-corrected chi connectivity index (χ4v) is 1.87. The summed E-state index contributed by atoms with van der Waals surface area (Å²) in [6, 6.07) is 7.18. The SMILES string of the molecule is CCCNC(N)=NCC(C)(O)c1ccccc1Cl. The van der Waals surface area contributed by atoms with E-state index in [2.05, 4.69) is 10.3 Å². The first-order chi connectivity index (χ1) is 8.47. The van der Waals surface area contributed by atoms with E-state index in [1.54, 1.807) is 19.1 Å². The third-order valence-corrected chi connectivity index (χ3v) is 2.90. The first-order valence-electron chi connectivity index (χ1n) is 5.98. The highest BCUT2D eigenvalue weighted by Crippen LogP contribution is 2.27. The molecular weight excluding hydrogens is 250 g/mol. The Bertz CT molecular complexity index is 418. The number of halogens is 1. The highest BCUT2D eigenvalue weighted by Gasteiger charge is 2.25. The quantitative estimate of drug-likeness (QED) is 0.564. The number of benzene rings is 1. The number of hydrogen-bond donors (Lipinski definition) is 3. The largest absolute Gasteiger partial charge is 0.383 e. The van der Waals surface area contributed by atoms with Crippen LogP contribution in [0.5, 0.6) is 0 Å². The zero-order valence-corrected chi connectivity index (χ0v) is 11.5. The van der Waals surface area contributed by atoms with Crippen molar-refractivity contribution in [2.75, 3.05) is 13.1 Å². The minimum Gasteiger partial charge on any atom is -0.383 e. The molecule has 0 radical (unpaired) electrons. The summed E-state index contributed by atoms with van der Waals surface area (Å²) >= 11 is 6.05. The third kappa shape index (κ3) is 4.20. The Morgan fingerprint density at radius 1 is 1.50 bits per heavy atom. The Hall–Kier alpha value is -1.26. The van der Waals surface area contributed by atoms with Crippen molar-refractivity contribution < 1.29 is 5.11 Å². The predicted molar refractivity (Wildman–Crippen MR) is 75.8 cm³/mol. The molecule has 0 heterocycles. The van der Waals surface area contributed by atoms with Crippen LogP contribution in [0.2, 0.25) is 5.02 Å². The van der Waals surface area contributed by atoms with Gasteiger partial charge in [-0.3, -0.25) is 4.99 Å². The molecule has 5 heteroatoms. The van der Waals surface area contributed by atoms with Gasteiger partial charge in [0.1, 0.15) is 5.60 Å². The molecule has 0 fully saturated rings. The third-order valence-electron chi connectivity index (χ3n) is 2.57. The van der Waals surface area contributed by atoms with Crippen molar-refractivity contribution >= 4 is 17.6 Å². The second-order valence-electron chi connectivity index (χ2n) is 4.38. The zero-order chi connectivity index (χ0) is 13.6. The Morgan fingerprint density at radius 3 is 2.78 bits per heavy atom. The molecule has 1 aromatic carbocycles. The van der Waals surface area contributed by atoms with Crippen molar-refractivity contribution in [1.29, 1.82) is 0 Å². The molecule has 4 nitrogen and oxygen atoms in total. The molecule has 18 heavy (non-hydrogen) atoms. The summed E-state index contributed by atoms with van der Waals surface area (Å²) in [5.74, 6) is 0.337. The number of rotatable bonds is 5. The second-order valence-corrected chi connectivity index (χ2v) is 4.79. The van der Waals surface area contributed by atoms with Gasteiger partial charge in [0.2, 0.25) is 0 Å². The van der Waals surface area contributed by atoms with E-state index >= 15 is 0 Å². The fraction of sp³-hybridized carbons (Fsp3) is 0.462. The van der Waals surface area contributed by atoms with Gasteiger partial charge in [0.15, 0.2) is 5.96 Å². The lowest BCUT2D eigenvalue weighted by molar-refractivity contribution is 0.0674. The van der Waals surface area contributed by atoms with Crippen molar-refractivity contribution in [3.63, 3.8) is 0 Å². The van der Waals surface area contributed by atoms with Gasteiger partial charge in [-0.1, -0.05) is 36.7 Å². The molecule has 0 spiro atoms. The molecule has 1 atom stereocenters. The highest BCUT2D eigenvalue weighted by atomic mass is 35.5. The molecule has 1 rings (SSSR count). The Balaban J connectivity index is 2.73. The molecule has 1 aromatic rings. The molecule has 4 N–H and O–H groups in total. The van der Waals surface area contributed by atoms with Crippen molar-refractivity contribution in [3.8, 4) is 0 Å². The van der Waals surface area contributed by atoms with Gasteiger partial charge < -0.3 is 16.2 Å². The van der Waals surface area contributed by atoms with Gasteiger partial charge in [-0.05, 0) is 19.4 Å². The minimum absolute atomic E-state index is 0.166. The van der Waals surface area contributed by atoms with Gasteiger partial charge >= 0.3 is 0 Å². The number of aliphatic hydroxyl groups is 1. The van der Waals surface area contributed by atoms with Crippen LogP contribution < -0.4 is 11.1 Å². The summed E-state index contributed by atoms with van der Waals surface area (Å²) in [5.41, 5.74) is 5.20. The lowest BCUT2D eigenvalue weighted by Crippen LogP contribution is -2.34. The number of aliphatic imine (C=N–C) groups is 1. The summed E-state index contributed by atoms with van der Waals surface area (Å²) in [6.45, 7) is 4.65. The maximum absolute atomic E-state index is 10.4. The number of nitrogens with zero attached hydrogens (tertiary/aromatic N) is 1. The van der Waals surface area contributed by atoms with Gasteiger partial charge in [0, 0.05) is 17.1 Å². The van der Waals surface area contributed by atoms with E-state index in [4.69, 9.17) is 17.3 Å². The highest BCUT2D eigenvalue weighted by molar-refractivity contribution is 6.31. The van der Waals surface area contributed by atoms with Crippen LogP contribution in [-0.2, 0) is 5.60 Å². The molecule has 0 saturated carbocycles. The smallest absolute Gasteiger partial charge is 0.188 e. The lowest BCUT2D eigenvalue weighted by atomic mass is 9.96. The maximum Gasteiger partial charge on any atom is 0.188 e. The average molecular weight is 270 g/mol. The monoisotopic (exact) mass is 269 g/mol. The summed E-state index contributed by atoms with van der Waals surface area (Å²) in [7, 11) is 0. The van der Waals surface area contributed by atoms with E-state index < -0.39 is 5.60 Å². The van der Waals surface area contributed by atoms with Crippen molar-refractivity contribution in [3.05, 3.63) is 34.9 Å². The number of hydrogen-bond acceptors (Lipinski definition) is 2. The van der Waals surface area contributed by atoms with E-state index in [9.17, 15) is 5.11 Å². The summed E-state index contributed by atoms with van der Waals surface area (Å²) in [6.07, 6.45) is 0.969. The normalized spacial score (nSPS) is 15.2. The Labute approximate surface area is 113 Å². The van der Waals surface area contributed by atoms with E-state index in [1.165, 1.54) is 0 Å². The van der Waals surface area contributed by atoms with E-state index in [0.29, 0.717) is 16.5 Å². The van der Waals surface area contributed by atoms with Gasteiger partial charge in [-0.2, -0.15) is 0 Å². The molecule has 0 aliphatic heterocycles. The van der Waals surface area contributed by atoms with E-state index in [-0.39, 0.29) is 6.54 Å². The Morgan fingerprint density at radius 2 is 2.17 bits per heavy atom. The van der Waals surface area contributed by atoms with E-state index in [1.807, 2.05) is 19.1 Å². The molecule has 0 aliphatic rings. The molecule has 100 valence electrons. The van der Waals surface area contributed by atoms with Crippen LogP contribution in [0.25, 0.3) is 0 Å². The van der Waals surface area contributed by atoms with Gasteiger partial charge in [0.05, 0.1) is 6.54 Å². The minimum atomic E-state index is -1.13. The standard InChI is InChI=1S/C13H20ClN3O/c1-3-8-16-12(15)17-9-13(2,18)10-6-4-5-7-11(10)14/h4-7,18H,3,8-9H2,1-2H3,(H3,15,16,17). The zero-order valence-electron chi connectivity index (χ0n) is 10.8. The molecule has 0 saturated heterocycles. The van der Waals surface area contributed by atoms with Crippen LogP contribution >= 0.6 is 11.6 Å². The van der Waals surface area contributed by atoms with Crippen LogP contribution in [-0.4, -0.2) is 24.2 Å². The van der Waals surface area contributed by atoms with Crippen LogP contribution in [0.15, 0.2) is 29.3 Å². The molecular formula is C13H20ClN3O. The summed E-state index contributed by atoms with van der Waals surface area (Å²) in [4.78, 5) is 4.13. The van der Waals surface area contributed by atoms with Gasteiger partial charge in [-0.25, -0.2) is 0 Å². The molecule has 0 amide bonds. The number of guanidine groups is 1. The van der Waals surface area contributed by atoms with Crippen LogP contribution in [0.3, 0.4) is 0 Å². The number of nitrogens with two attached hydrogens (primary N) is 1. The fourth-order valence-electron chi connectivity index (χ4n) is 1.53. The van der Waals surface area contributed by atoms with Crippen LogP contribution in [0, 0.1) is 0 Å². The average Bonchev–Trinajstić information content (AvgIpc) is 2.34. The van der Waals surface area contributed by atoms with Crippen LogP contribution in [0.4, 0.5) is 0 Å². The molecule has 0 aromatic heterocycles. The lowest BCUT2D eigenvalue weighted by Gasteiger charge is -2.23. The first kappa shape index (κ1) is 14.8. The van der Waals surface area contributed by atoms with Crippen molar-refractivity contribution in [2.24, 2.45) is 10.7 Å². The molecule has 0 bridgehead atoms. The first-order valence-corrected chi connectivity index (χ1v) is 6.36. The topological polar surface area (TPSA) is 70.6 Å². The maximum atomic E-state index is 10.4. The summed E-state index contributed by atoms with van der Waals surface area (Å²) in [5, 5.41) is 13.8.